The van der Waals surface area contributed by atoms with Crippen LogP contribution in [-0.4, -0.2) is 49.7 Å². The van der Waals surface area contributed by atoms with Crippen molar-refractivity contribution in [2.75, 3.05) is 32.7 Å². The van der Waals surface area contributed by atoms with Crippen molar-refractivity contribution in [1.82, 2.24) is 10.2 Å². The lowest BCUT2D eigenvalue weighted by Crippen LogP contribution is -2.46. The summed E-state index contributed by atoms with van der Waals surface area (Å²) in [6.45, 7) is 8.88. The van der Waals surface area contributed by atoms with Gasteiger partial charge in [-0.15, -0.1) is 0 Å². The van der Waals surface area contributed by atoms with E-state index in [2.05, 4.69) is 24.1 Å². The van der Waals surface area contributed by atoms with Gasteiger partial charge in [-0.25, -0.2) is 0 Å². The van der Waals surface area contributed by atoms with E-state index in [0.717, 1.165) is 44.9 Å². The topological polar surface area (TPSA) is 41.6 Å². The Bertz CT molecular complexity index is 277. The number of hydrogen-bond donors (Lipinski definition) is 1. The Hall–Kier alpha value is -0.610. The molecule has 0 aromatic heterocycles. The van der Waals surface area contributed by atoms with Crippen LogP contribution in [0.3, 0.4) is 0 Å². The molecule has 104 valence electrons. The molecule has 1 heterocycles. The third kappa shape index (κ3) is 3.95. The molecule has 4 heteroatoms. The minimum Gasteiger partial charge on any atom is -0.461 e. The smallest absolute Gasteiger partial charge is 0.320 e. The summed E-state index contributed by atoms with van der Waals surface area (Å²) in [5.74, 6) is 1.41. The summed E-state index contributed by atoms with van der Waals surface area (Å²) in [5.41, 5.74) is 0. The zero-order valence-corrected chi connectivity index (χ0v) is 11.7. The molecule has 2 aliphatic rings. The average Bonchev–Trinajstić information content (AvgIpc) is 2.35. The molecule has 0 bridgehead atoms. The standard InChI is InChI=1S/C14H26N2O2/c1-11-3-4-13(9-12(11)2)18-14(17)10-16-7-5-15-6-8-16/h11-13,15H,3-10H2,1-2H3. The first-order valence-corrected chi connectivity index (χ1v) is 7.27. The van der Waals surface area contributed by atoms with Crippen LogP contribution in [0.5, 0.6) is 0 Å². The van der Waals surface area contributed by atoms with E-state index in [1.54, 1.807) is 0 Å². The first-order valence-electron chi connectivity index (χ1n) is 7.27. The van der Waals surface area contributed by atoms with Gasteiger partial charge in [0.15, 0.2) is 0 Å². The summed E-state index contributed by atoms with van der Waals surface area (Å²) in [7, 11) is 0. The van der Waals surface area contributed by atoms with E-state index in [4.69, 9.17) is 4.74 Å². The molecule has 0 aromatic carbocycles. The Labute approximate surface area is 110 Å². The van der Waals surface area contributed by atoms with Crippen molar-refractivity contribution >= 4 is 5.97 Å². The van der Waals surface area contributed by atoms with Gasteiger partial charge in [-0.05, 0) is 31.1 Å². The van der Waals surface area contributed by atoms with Crippen LogP contribution in [0.1, 0.15) is 33.1 Å². The van der Waals surface area contributed by atoms with Crippen molar-refractivity contribution in [1.29, 1.82) is 0 Å². The van der Waals surface area contributed by atoms with E-state index in [1.165, 1.54) is 6.42 Å². The number of piperazine rings is 1. The fraction of sp³-hybridized carbons (Fsp3) is 0.929. The molecule has 4 nitrogen and oxygen atoms in total. The maximum absolute atomic E-state index is 11.9. The fourth-order valence-corrected chi connectivity index (χ4v) is 2.88. The first kappa shape index (κ1) is 13.8. The molecule has 2 fully saturated rings. The number of rotatable bonds is 3. The molecule has 0 amide bonds. The summed E-state index contributed by atoms with van der Waals surface area (Å²) in [4.78, 5) is 14.1. The van der Waals surface area contributed by atoms with Crippen molar-refractivity contribution in [2.45, 2.75) is 39.2 Å². The number of nitrogens with one attached hydrogen (secondary N) is 1. The molecule has 3 unspecified atom stereocenters. The van der Waals surface area contributed by atoms with Crippen LogP contribution in [0.2, 0.25) is 0 Å². The van der Waals surface area contributed by atoms with Crippen LogP contribution in [0, 0.1) is 11.8 Å². The molecule has 0 radical (unpaired) electrons. The quantitative estimate of drug-likeness (QED) is 0.770. The Balaban J connectivity index is 1.70. The van der Waals surface area contributed by atoms with E-state index in [0.29, 0.717) is 12.5 Å². The Morgan fingerprint density at radius 3 is 2.61 bits per heavy atom. The Morgan fingerprint density at radius 2 is 1.94 bits per heavy atom. The minimum absolute atomic E-state index is 0.0383. The van der Waals surface area contributed by atoms with Crippen LogP contribution in [0.15, 0.2) is 0 Å². The molecule has 1 aliphatic carbocycles. The molecular formula is C14H26N2O2. The summed E-state index contributed by atoms with van der Waals surface area (Å²) < 4.78 is 5.61. The molecule has 3 atom stereocenters. The van der Waals surface area contributed by atoms with Gasteiger partial charge >= 0.3 is 5.97 Å². The van der Waals surface area contributed by atoms with Gasteiger partial charge in [0.2, 0.25) is 0 Å². The third-order valence-corrected chi connectivity index (χ3v) is 4.41. The largest absolute Gasteiger partial charge is 0.461 e. The van der Waals surface area contributed by atoms with Gasteiger partial charge in [-0.1, -0.05) is 13.8 Å². The van der Waals surface area contributed by atoms with Crippen molar-refractivity contribution in [3.8, 4) is 0 Å². The van der Waals surface area contributed by atoms with Gasteiger partial charge in [0, 0.05) is 26.2 Å². The van der Waals surface area contributed by atoms with Crippen LogP contribution < -0.4 is 5.32 Å². The van der Waals surface area contributed by atoms with Gasteiger partial charge in [0.05, 0.1) is 6.54 Å². The normalized spacial score (nSPS) is 34.2. The number of ether oxygens (including phenoxy) is 1. The van der Waals surface area contributed by atoms with E-state index < -0.39 is 0 Å². The number of esters is 1. The average molecular weight is 254 g/mol. The van der Waals surface area contributed by atoms with E-state index in [-0.39, 0.29) is 12.1 Å². The van der Waals surface area contributed by atoms with Gasteiger partial charge < -0.3 is 10.1 Å². The molecule has 2 rings (SSSR count). The predicted octanol–water partition coefficient (Wildman–Crippen LogP) is 1.26. The van der Waals surface area contributed by atoms with E-state index >= 15 is 0 Å². The molecule has 1 aliphatic heterocycles. The highest BCUT2D eigenvalue weighted by Crippen LogP contribution is 2.30. The second kappa shape index (κ2) is 6.53. The molecule has 1 saturated carbocycles. The van der Waals surface area contributed by atoms with Gasteiger partial charge in [0.25, 0.3) is 0 Å². The summed E-state index contributed by atoms with van der Waals surface area (Å²) in [6, 6.07) is 0. The molecule has 0 spiro atoms. The molecule has 18 heavy (non-hydrogen) atoms. The van der Waals surface area contributed by atoms with Crippen LogP contribution >= 0.6 is 0 Å². The molecule has 0 aromatic rings. The van der Waals surface area contributed by atoms with Crippen LogP contribution in [-0.2, 0) is 9.53 Å². The van der Waals surface area contributed by atoms with Crippen molar-refractivity contribution in [3.05, 3.63) is 0 Å². The number of carbonyl (C=O) groups is 1. The number of carbonyl (C=O) groups excluding carboxylic acids is 1. The number of nitrogens with zero attached hydrogens (tertiary/aromatic N) is 1. The summed E-state index contributed by atoms with van der Waals surface area (Å²) in [5, 5.41) is 3.29. The highest BCUT2D eigenvalue weighted by atomic mass is 16.5. The van der Waals surface area contributed by atoms with Crippen LogP contribution in [0.4, 0.5) is 0 Å². The van der Waals surface area contributed by atoms with Crippen molar-refractivity contribution in [2.24, 2.45) is 11.8 Å². The van der Waals surface area contributed by atoms with Crippen molar-refractivity contribution in [3.63, 3.8) is 0 Å². The van der Waals surface area contributed by atoms with Crippen molar-refractivity contribution < 1.29 is 9.53 Å². The second-order valence-electron chi connectivity index (χ2n) is 5.91. The lowest BCUT2D eigenvalue weighted by molar-refractivity contribution is -0.153. The molecule has 1 N–H and O–H groups in total. The van der Waals surface area contributed by atoms with E-state index in [9.17, 15) is 4.79 Å². The fourth-order valence-electron chi connectivity index (χ4n) is 2.88. The lowest BCUT2D eigenvalue weighted by atomic mass is 9.80. The van der Waals surface area contributed by atoms with Crippen LogP contribution in [0.25, 0.3) is 0 Å². The Morgan fingerprint density at radius 1 is 1.22 bits per heavy atom. The highest BCUT2D eigenvalue weighted by molar-refractivity contribution is 5.71. The Kier molecular flexibility index (Phi) is 5.01. The maximum Gasteiger partial charge on any atom is 0.320 e. The summed E-state index contributed by atoms with van der Waals surface area (Å²) >= 11 is 0. The molecule has 1 saturated heterocycles. The monoisotopic (exact) mass is 254 g/mol. The first-order chi connectivity index (χ1) is 8.65. The second-order valence-corrected chi connectivity index (χ2v) is 5.91. The van der Waals surface area contributed by atoms with Gasteiger partial charge in [-0.2, -0.15) is 0 Å². The van der Waals surface area contributed by atoms with Gasteiger partial charge in [0.1, 0.15) is 6.10 Å². The van der Waals surface area contributed by atoms with E-state index in [1.807, 2.05) is 0 Å². The minimum atomic E-state index is -0.0383. The lowest BCUT2D eigenvalue weighted by Gasteiger charge is -2.32. The zero-order valence-electron chi connectivity index (χ0n) is 11.7. The highest BCUT2D eigenvalue weighted by Gasteiger charge is 2.27. The third-order valence-electron chi connectivity index (χ3n) is 4.41. The maximum atomic E-state index is 11.9. The zero-order chi connectivity index (χ0) is 13.0. The summed E-state index contributed by atoms with van der Waals surface area (Å²) in [6.07, 6.45) is 3.42. The predicted molar refractivity (Wildman–Crippen MR) is 71.4 cm³/mol. The van der Waals surface area contributed by atoms with Gasteiger partial charge in [-0.3, -0.25) is 9.69 Å². The SMILES string of the molecule is CC1CCC(OC(=O)CN2CCNCC2)CC1C. The number of hydrogen-bond acceptors (Lipinski definition) is 4. The molecular weight excluding hydrogens is 228 g/mol.